The average Bonchev–Trinajstić information content (AvgIpc) is 2.56. The molecule has 0 spiro atoms. The molecule has 0 aliphatic carbocycles. The van der Waals surface area contributed by atoms with Crippen LogP contribution in [0, 0.1) is 6.92 Å². The number of halogens is 3. The Morgan fingerprint density at radius 2 is 1.72 bits per heavy atom. The highest BCUT2D eigenvalue weighted by Gasteiger charge is 2.26. The van der Waals surface area contributed by atoms with Crippen LogP contribution in [0.25, 0.3) is 22.0 Å². The molecule has 132 valence electrons. The van der Waals surface area contributed by atoms with Crippen LogP contribution in [-0.2, 0) is 0 Å². The Bertz CT molecular complexity index is 945. The summed E-state index contributed by atoms with van der Waals surface area (Å²) in [4.78, 5) is 0. The van der Waals surface area contributed by atoms with Crippen LogP contribution in [0.15, 0.2) is 36.4 Å². The molecule has 3 aromatic rings. The van der Waals surface area contributed by atoms with Gasteiger partial charge in [-0.2, -0.15) is 0 Å². The number of methoxy groups -OCH3 is 2. The van der Waals surface area contributed by atoms with Gasteiger partial charge in [-0.25, -0.2) is 5.84 Å². The molecule has 1 aromatic heterocycles. The Morgan fingerprint density at radius 1 is 1.00 bits per heavy atom. The molecule has 25 heavy (non-hydrogen) atoms. The van der Waals surface area contributed by atoms with E-state index in [4.69, 9.17) is 38.5 Å². The number of hydrogen-bond acceptors (Lipinski definition) is 3. The van der Waals surface area contributed by atoms with E-state index in [-0.39, 0.29) is 12.4 Å². The predicted molar refractivity (Wildman–Crippen MR) is 97.6 cm³/mol. The summed E-state index contributed by atoms with van der Waals surface area (Å²) in [5, 5.41) is 2.88. The average molecular weight is 400 g/mol. The Labute approximate surface area is 162 Å². The first kappa shape index (κ1) is 19.4. The standard InChI is InChI=1S/C18H17Cl2N2O2.ClH/c1-10-8-11-4-7-15(23-2)18(24-3)16(11)17(22(10)21)13-6-5-12(19)9-14(13)20;/h4-9H,21H2,1-3H3;1H/q+1;/p-1. The van der Waals surface area contributed by atoms with Crippen LogP contribution in [0.1, 0.15) is 5.69 Å². The zero-order valence-electron chi connectivity index (χ0n) is 13.9. The number of nitrogens with two attached hydrogens (primary N) is 1. The number of hydrogen-bond donors (Lipinski definition) is 1. The lowest BCUT2D eigenvalue weighted by Crippen LogP contribution is -3.00. The Morgan fingerprint density at radius 3 is 2.32 bits per heavy atom. The summed E-state index contributed by atoms with van der Waals surface area (Å²) in [7, 11) is 3.20. The van der Waals surface area contributed by atoms with Crippen molar-refractivity contribution in [3.63, 3.8) is 0 Å². The van der Waals surface area contributed by atoms with Gasteiger partial charge in [-0.3, -0.25) is 0 Å². The molecule has 0 aliphatic rings. The number of nitrogens with zero attached hydrogens (tertiary/aromatic N) is 1. The number of ether oxygens (including phenoxy) is 2. The molecule has 0 atom stereocenters. The topological polar surface area (TPSA) is 48.4 Å². The van der Waals surface area contributed by atoms with Gasteiger partial charge in [0.1, 0.15) is 5.39 Å². The molecule has 0 unspecified atom stereocenters. The van der Waals surface area contributed by atoms with Crippen molar-refractivity contribution in [3.8, 4) is 22.8 Å². The fraction of sp³-hybridized carbons (Fsp3) is 0.167. The van der Waals surface area contributed by atoms with Crippen molar-refractivity contribution < 1.29 is 26.6 Å². The minimum absolute atomic E-state index is 0. The molecule has 1 heterocycles. The van der Waals surface area contributed by atoms with Crippen molar-refractivity contribution in [1.29, 1.82) is 0 Å². The Hall–Kier alpha value is -1.88. The van der Waals surface area contributed by atoms with E-state index < -0.39 is 0 Å². The number of fused-ring (bicyclic) bond motifs is 1. The van der Waals surface area contributed by atoms with E-state index in [1.807, 2.05) is 31.2 Å². The number of rotatable bonds is 3. The molecule has 2 N–H and O–H groups in total. The summed E-state index contributed by atoms with van der Waals surface area (Å²) < 4.78 is 12.6. The van der Waals surface area contributed by atoms with Gasteiger partial charge in [-0.05, 0) is 35.7 Å². The highest BCUT2D eigenvalue weighted by Crippen LogP contribution is 2.41. The molecule has 3 rings (SSSR count). The van der Waals surface area contributed by atoms with Gasteiger partial charge < -0.3 is 21.9 Å². The molecule has 0 saturated heterocycles. The summed E-state index contributed by atoms with van der Waals surface area (Å²) in [6, 6.07) is 11.2. The first-order valence-corrected chi connectivity index (χ1v) is 8.04. The summed E-state index contributed by atoms with van der Waals surface area (Å²) in [6.07, 6.45) is 0. The van der Waals surface area contributed by atoms with Crippen molar-refractivity contribution in [2.45, 2.75) is 6.92 Å². The predicted octanol–water partition coefficient (Wildman–Crippen LogP) is 1.14. The quantitative estimate of drug-likeness (QED) is 0.531. The van der Waals surface area contributed by atoms with E-state index >= 15 is 0 Å². The van der Waals surface area contributed by atoms with Gasteiger partial charge in [-0.15, -0.1) is 0 Å². The lowest BCUT2D eigenvalue weighted by Gasteiger charge is -2.14. The monoisotopic (exact) mass is 398 g/mol. The third kappa shape index (κ3) is 3.30. The number of nitrogen functional groups attached to an aromatic ring is 1. The van der Waals surface area contributed by atoms with Crippen molar-refractivity contribution in [1.82, 2.24) is 0 Å². The van der Waals surface area contributed by atoms with E-state index in [0.29, 0.717) is 21.5 Å². The van der Waals surface area contributed by atoms with Crippen molar-refractivity contribution in [2.75, 3.05) is 20.1 Å². The number of benzene rings is 2. The molecule has 0 saturated carbocycles. The van der Waals surface area contributed by atoms with E-state index in [9.17, 15) is 0 Å². The van der Waals surface area contributed by atoms with Gasteiger partial charge in [0.2, 0.25) is 5.69 Å². The zero-order valence-corrected chi connectivity index (χ0v) is 16.2. The Balaban J connectivity index is 0.00000225. The Kier molecular flexibility index (Phi) is 5.88. The summed E-state index contributed by atoms with van der Waals surface area (Å²) in [6.45, 7) is 1.93. The SMILES string of the molecule is COc1ccc2cc(C)[n+](N)c(-c3ccc(Cl)cc3Cl)c2c1OC.[Cl-]. The fourth-order valence-corrected chi connectivity index (χ4v) is 3.34. The lowest BCUT2D eigenvalue weighted by molar-refractivity contribution is -0.632. The van der Waals surface area contributed by atoms with Gasteiger partial charge in [0, 0.05) is 18.0 Å². The van der Waals surface area contributed by atoms with Gasteiger partial charge in [-0.1, -0.05) is 27.9 Å². The second-order valence-corrected chi connectivity index (χ2v) is 6.24. The van der Waals surface area contributed by atoms with Crippen LogP contribution in [0.2, 0.25) is 10.0 Å². The summed E-state index contributed by atoms with van der Waals surface area (Å²) >= 11 is 12.5. The maximum atomic E-state index is 6.43. The van der Waals surface area contributed by atoms with Gasteiger partial charge in [0.05, 0.1) is 24.8 Å². The first-order valence-electron chi connectivity index (χ1n) is 7.28. The van der Waals surface area contributed by atoms with Crippen LogP contribution in [0.3, 0.4) is 0 Å². The molecule has 0 bridgehead atoms. The van der Waals surface area contributed by atoms with Crippen LogP contribution < -0.4 is 32.4 Å². The molecule has 0 radical (unpaired) electrons. The normalized spacial score (nSPS) is 10.4. The van der Waals surface area contributed by atoms with Gasteiger partial charge in [0.15, 0.2) is 11.5 Å². The van der Waals surface area contributed by atoms with Gasteiger partial charge >= 0.3 is 0 Å². The minimum atomic E-state index is 0. The summed E-state index contributed by atoms with van der Waals surface area (Å²) in [5.41, 5.74) is 2.39. The van der Waals surface area contributed by atoms with Crippen LogP contribution in [0.5, 0.6) is 11.5 Å². The van der Waals surface area contributed by atoms with Crippen LogP contribution >= 0.6 is 23.2 Å². The van der Waals surface area contributed by atoms with E-state index in [2.05, 4.69) is 0 Å². The molecular weight excluding hydrogens is 383 g/mol. The van der Waals surface area contributed by atoms with E-state index in [1.165, 1.54) is 0 Å². The molecule has 4 nitrogen and oxygen atoms in total. The lowest BCUT2D eigenvalue weighted by atomic mass is 10.0. The zero-order chi connectivity index (χ0) is 17.4. The van der Waals surface area contributed by atoms with Crippen molar-refractivity contribution in [2.24, 2.45) is 0 Å². The van der Waals surface area contributed by atoms with Crippen molar-refractivity contribution in [3.05, 3.63) is 52.1 Å². The number of pyridine rings is 1. The number of aromatic nitrogens is 1. The van der Waals surface area contributed by atoms with Crippen molar-refractivity contribution >= 4 is 34.0 Å². The molecular formula is C18H17Cl3N2O2. The maximum absolute atomic E-state index is 6.43. The molecule has 0 amide bonds. The first-order chi connectivity index (χ1) is 11.5. The third-order valence-corrected chi connectivity index (χ3v) is 4.53. The van der Waals surface area contributed by atoms with Crippen LogP contribution in [-0.4, -0.2) is 14.2 Å². The highest BCUT2D eigenvalue weighted by atomic mass is 35.5. The second-order valence-electron chi connectivity index (χ2n) is 5.39. The summed E-state index contributed by atoms with van der Waals surface area (Å²) in [5.74, 6) is 7.56. The van der Waals surface area contributed by atoms with Gasteiger partial charge in [0.25, 0.3) is 5.69 Å². The van der Waals surface area contributed by atoms with E-state index in [1.54, 1.807) is 31.0 Å². The maximum Gasteiger partial charge on any atom is 0.255 e. The molecule has 7 heteroatoms. The van der Waals surface area contributed by atoms with E-state index in [0.717, 1.165) is 27.7 Å². The molecule has 0 fully saturated rings. The largest absolute Gasteiger partial charge is 1.00 e. The fourth-order valence-electron chi connectivity index (χ4n) is 2.84. The third-order valence-electron chi connectivity index (χ3n) is 3.99. The molecule has 0 aliphatic heterocycles. The minimum Gasteiger partial charge on any atom is -1.00 e. The number of aryl methyl sites for hydroxylation is 1. The second kappa shape index (κ2) is 7.56. The highest BCUT2D eigenvalue weighted by molar-refractivity contribution is 6.36. The smallest absolute Gasteiger partial charge is 0.255 e. The van der Waals surface area contributed by atoms with Crippen LogP contribution in [0.4, 0.5) is 0 Å². The molecule has 2 aromatic carbocycles.